The van der Waals surface area contributed by atoms with Crippen molar-refractivity contribution in [2.45, 2.75) is 6.10 Å². The van der Waals surface area contributed by atoms with Crippen LogP contribution in [0.3, 0.4) is 0 Å². The van der Waals surface area contributed by atoms with Crippen LogP contribution in [0.1, 0.15) is 17.2 Å². The Morgan fingerprint density at radius 1 is 1.08 bits per heavy atom. The van der Waals surface area contributed by atoms with Crippen LogP contribution in [0.5, 0.6) is 0 Å². The first-order valence-corrected chi connectivity index (χ1v) is 8.76. The van der Waals surface area contributed by atoms with E-state index in [0.29, 0.717) is 5.02 Å². The number of aliphatic hydroxyl groups is 1. The number of benzene rings is 1. The van der Waals surface area contributed by atoms with Crippen molar-refractivity contribution in [2.24, 2.45) is 0 Å². The molecule has 4 rings (SSSR count). The normalized spacial score (nSPS) is 12.2. The lowest BCUT2D eigenvalue weighted by Crippen LogP contribution is -1.99. The molecule has 0 fully saturated rings. The molecule has 0 saturated carbocycles. The third-order valence-electron chi connectivity index (χ3n) is 3.82. The van der Waals surface area contributed by atoms with Crippen LogP contribution in [-0.2, 0) is 0 Å². The van der Waals surface area contributed by atoms with Crippen molar-refractivity contribution in [3.05, 3.63) is 77.3 Å². The summed E-state index contributed by atoms with van der Waals surface area (Å²) in [5.74, 6) is 0.723. The first-order chi connectivity index (χ1) is 12.2. The fourth-order valence-corrected chi connectivity index (χ4v) is 3.85. The van der Waals surface area contributed by atoms with Gasteiger partial charge in [-0.2, -0.15) is 10.2 Å². The molecule has 0 saturated heterocycles. The van der Waals surface area contributed by atoms with E-state index in [4.69, 9.17) is 11.6 Å². The van der Waals surface area contributed by atoms with E-state index < -0.39 is 6.10 Å². The lowest BCUT2D eigenvalue weighted by Gasteiger charge is -2.11. The second-order valence-corrected chi connectivity index (χ2v) is 6.91. The molecule has 0 aliphatic carbocycles. The molecular formula is C18H13ClN4OS. The fraction of sp³-hybridized carbons (Fsp3) is 0.0556. The van der Waals surface area contributed by atoms with E-state index in [9.17, 15) is 5.11 Å². The van der Waals surface area contributed by atoms with Crippen molar-refractivity contribution < 1.29 is 5.11 Å². The van der Waals surface area contributed by atoms with E-state index in [1.165, 1.54) is 0 Å². The molecular weight excluding hydrogens is 356 g/mol. The predicted octanol–water partition coefficient (Wildman–Crippen LogP) is 4.33. The van der Waals surface area contributed by atoms with Gasteiger partial charge in [0.15, 0.2) is 0 Å². The van der Waals surface area contributed by atoms with Crippen molar-refractivity contribution in [1.29, 1.82) is 0 Å². The molecule has 0 amide bonds. The molecule has 0 bridgehead atoms. The molecule has 7 heteroatoms. The summed E-state index contributed by atoms with van der Waals surface area (Å²) < 4.78 is 0. The minimum absolute atomic E-state index is 0.635. The highest BCUT2D eigenvalue weighted by Gasteiger charge is 2.21. The van der Waals surface area contributed by atoms with Crippen molar-refractivity contribution in [3.63, 3.8) is 0 Å². The second-order valence-electron chi connectivity index (χ2n) is 5.42. The zero-order valence-electron chi connectivity index (χ0n) is 12.9. The summed E-state index contributed by atoms with van der Waals surface area (Å²) >= 11 is 7.50. The summed E-state index contributed by atoms with van der Waals surface area (Å²) in [6.45, 7) is 0. The number of imidazole rings is 1. The van der Waals surface area contributed by atoms with Crippen LogP contribution in [0.15, 0.2) is 61.2 Å². The number of rotatable bonds is 4. The van der Waals surface area contributed by atoms with Gasteiger partial charge in [-0.15, -0.1) is 11.3 Å². The van der Waals surface area contributed by atoms with Gasteiger partial charge in [0.1, 0.15) is 11.9 Å². The summed E-state index contributed by atoms with van der Waals surface area (Å²) in [7, 11) is 0. The summed E-state index contributed by atoms with van der Waals surface area (Å²) in [4.78, 5) is 9.33. The molecule has 0 aliphatic heterocycles. The van der Waals surface area contributed by atoms with Gasteiger partial charge in [-0.25, -0.2) is 4.98 Å². The predicted molar refractivity (Wildman–Crippen MR) is 98.4 cm³/mol. The molecule has 5 nitrogen and oxygen atoms in total. The number of hydrogen-bond acceptors (Lipinski definition) is 5. The third kappa shape index (κ3) is 3.19. The largest absolute Gasteiger partial charge is 0.384 e. The number of aliphatic hydroxyl groups excluding tert-OH is 1. The van der Waals surface area contributed by atoms with Gasteiger partial charge in [-0.3, -0.25) is 0 Å². The topological polar surface area (TPSA) is 74.7 Å². The number of aromatic nitrogens is 4. The number of aromatic amines is 1. The van der Waals surface area contributed by atoms with Crippen molar-refractivity contribution in [2.75, 3.05) is 0 Å². The van der Waals surface area contributed by atoms with Gasteiger partial charge in [-0.05, 0) is 29.8 Å². The molecule has 3 heterocycles. The molecule has 0 aliphatic rings. The Balaban J connectivity index is 1.82. The summed E-state index contributed by atoms with van der Waals surface area (Å²) in [6.07, 6.45) is 6.03. The Morgan fingerprint density at radius 3 is 2.60 bits per heavy atom. The molecule has 25 heavy (non-hydrogen) atoms. The zero-order valence-corrected chi connectivity index (χ0v) is 14.5. The molecule has 0 unspecified atom stereocenters. The van der Waals surface area contributed by atoms with Crippen LogP contribution < -0.4 is 0 Å². The van der Waals surface area contributed by atoms with Crippen LogP contribution in [0.25, 0.3) is 21.1 Å². The highest BCUT2D eigenvalue weighted by Crippen LogP contribution is 2.41. The number of hydrogen-bond donors (Lipinski definition) is 2. The standard InChI is InChI=1S/C18H13ClN4OS/c19-13-3-1-11(2-4-13)16(24)14-9-15(12-5-6-22-23-10-12)25-17(14)18-20-7-8-21-18/h1-10,16,24H,(H,20,21)/t16-/m1/s1. The summed E-state index contributed by atoms with van der Waals surface area (Å²) in [5.41, 5.74) is 2.51. The number of nitrogens with zero attached hydrogens (tertiary/aromatic N) is 3. The third-order valence-corrected chi connectivity index (χ3v) is 5.28. The van der Waals surface area contributed by atoms with Crippen LogP contribution in [0, 0.1) is 0 Å². The Kier molecular flexibility index (Phi) is 4.31. The number of nitrogens with one attached hydrogen (secondary N) is 1. The van der Waals surface area contributed by atoms with Crippen LogP contribution in [0.2, 0.25) is 5.02 Å². The van der Waals surface area contributed by atoms with E-state index in [1.54, 1.807) is 48.3 Å². The Hall–Kier alpha value is -2.54. The second kappa shape index (κ2) is 6.76. The van der Waals surface area contributed by atoms with Gasteiger partial charge in [0, 0.05) is 33.4 Å². The lowest BCUT2D eigenvalue weighted by atomic mass is 10.0. The molecule has 0 radical (unpaired) electrons. The van der Waals surface area contributed by atoms with Crippen molar-refractivity contribution in [3.8, 4) is 21.1 Å². The van der Waals surface area contributed by atoms with E-state index in [0.717, 1.165) is 32.3 Å². The molecule has 4 aromatic rings. The molecule has 0 spiro atoms. The van der Waals surface area contributed by atoms with Gasteiger partial charge in [0.2, 0.25) is 0 Å². The molecule has 1 atom stereocenters. The Morgan fingerprint density at radius 2 is 1.92 bits per heavy atom. The van der Waals surface area contributed by atoms with Gasteiger partial charge < -0.3 is 10.1 Å². The molecule has 3 aromatic heterocycles. The molecule has 124 valence electrons. The van der Waals surface area contributed by atoms with E-state index in [2.05, 4.69) is 20.2 Å². The smallest absolute Gasteiger partial charge is 0.147 e. The Labute approximate surface area is 153 Å². The highest BCUT2D eigenvalue weighted by atomic mass is 35.5. The Bertz CT molecular complexity index is 968. The fourth-order valence-electron chi connectivity index (χ4n) is 2.59. The van der Waals surface area contributed by atoms with E-state index >= 15 is 0 Å². The first kappa shape index (κ1) is 16.0. The maximum atomic E-state index is 10.9. The summed E-state index contributed by atoms with van der Waals surface area (Å²) in [5, 5.41) is 19.3. The van der Waals surface area contributed by atoms with Gasteiger partial charge in [-0.1, -0.05) is 23.7 Å². The number of halogens is 1. The van der Waals surface area contributed by atoms with Crippen LogP contribution >= 0.6 is 22.9 Å². The van der Waals surface area contributed by atoms with Crippen molar-refractivity contribution >= 4 is 22.9 Å². The maximum absolute atomic E-state index is 10.9. The lowest BCUT2D eigenvalue weighted by molar-refractivity contribution is 0.221. The SMILES string of the molecule is O[C@H](c1ccc(Cl)cc1)c1cc(-c2ccnnc2)sc1-c1ncc[nH]1. The quantitative estimate of drug-likeness (QED) is 0.562. The summed E-state index contributed by atoms with van der Waals surface area (Å²) in [6, 6.07) is 11.1. The number of thiophene rings is 1. The average Bonchev–Trinajstić information content (AvgIpc) is 3.32. The van der Waals surface area contributed by atoms with Gasteiger partial charge >= 0.3 is 0 Å². The van der Waals surface area contributed by atoms with E-state index in [-0.39, 0.29) is 0 Å². The van der Waals surface area contributed by atoms with Gasteiger partial charge in [0.05, 0.1) is 17.3 Å². The minimum atomic E-state index is -0.780. The van der Waals surface area contributed by atoms with E-state index in [1.807, 2.05) is 24.3 Å². The molecule has 1 aromatic carbocycles. The highest BCUT2D eigenvalue weighted by molar-refractivity contribution is 7.19. The van der Waals surface area contributed by atoms with Crippen LogP contribution in [-0.4, -0.2) is 25.3 Å². The maximum Gasteiger partial charge on any atom is 0.147 e. The van der Waals surface area contributed by atoms with Gasteiger partial charge in [0.25, 0.3) is 0 Å². The average molecular weight is 369 g/mol. The first-order valence-electron chi connectivity index (χ1n) is 7.56. The minimum Gasteiger partial charge on any atom is -0.384 e. The molecule has 2 N–H and O–H groups in total. The monoisotopic (exact) mass is 368 g/mol. The van der Waals surface area contributed by atoms with Crippen molar-refractivity contribution in [1.82, 2.24) is 20.2 Å². The van der Waals surface area contributed by atoms with Crippen LogP contribution in [0.4, 0.5) is 0 Å². The number of H-pyrrole nitrogens is 1. The zero-order chi connectivity index (χ0) is 17.2.